The maximum absolute atomic E-state index is 11.1. The quantitative estimate of drug-likeness (QED) is 0.757. The summed E-state index contributed by atoms with van der Waals surface area (Å²) in [7, 11) is 2.86. The predicted molar refractivity (Wildman–Crippen MR) is 89.1 cm³/mol. The molecule has 2 fully saturated rings. The van der Waals surface area contributed by atoms with Gasteiger partial charge >= 0.3 is 11.9 Å². The predicted octanol–water partition coefficient (Wildman–Crippen LogP) is 1.92. The van der Waals surface area contributed by atoms with Gasteiger partial charge in [-0.05, 0) is 63.2 Å². The van der Waals surface area contributed by atoms with Gasteiger partial charge in [-0.25, -0.2) is 0 Å². The number of carbonyl (C=O) groups is 2. The highest BCUT2D eigenvalue weighted by Gasteiger charge is 2.27. The number of ether oxygens (including phenoxy) is 2. The van der Waals surface area contributed by atoms with Gasteiger partial charge in [0.05, 0.1) is 26.1 Å². The van der Waals surface area contributed by atoms with E-state index < -0.39 is 0 Å². The summed E-state index contributed by atoms with van der Waals surface area (Å²) in [4.78, 5) is 22.2. The van der Waals surface area contributed by atoms with Gasteiger partial charge in [-0.2, -0.15) is 0 Å². The van der Waals surface area contributed by atoms with E-state index in [9.17, 15) is 9.59 Å². The molecule has 24 heavy (non-hydrogen) atoms. The van der Waals surface area contributed by atoms with Gasteiger partial charge in [-0.3, -0.25) is 9.59 Å². The van der Waals surface area contributed by atoms with E-state index in [-0.39, 0.29) is 37.0 Å². The van der Waals surface area contributed by atoms with Crippen molar-refractivity contribution in [2.24, 2.45) is 23.7 Å². The summed E-state index contributed by atoms with van der Waals surface area (Å²) in [6.07, 6.45) is 7.31. The van der Waals surface area contributed by atoms with Crippen molar-refractivity contribution < 1.29 is 29.3 Å². The van der Waals surface area contributed by atoms with Crippen LogP contribution in [0.5, 0.6) is 0 Å². The minimum atomic E-state index is -0.0913. The third-order valence-electron chi connectivity index (χ3n) is 5.28. The first-order valence-electron chi connectivity index (χ1n) is 8.93. The number of hydrogen-bond acceptors (Lipinski definition) is 6. The standard InChI is InChI=1S/2C9H16O3/c2*1-12-9(11)8-4-2-7(6-10)3-5-8/h2*7-8,10H,2-6H2,1H3. The van der Waals surface area contributed by atoms with Crippen LogP contribution >= 0.6 is 0 Å². The van der Waals surface area contributed by atoms with Crippen molar-refractivity contribution in [3.05, 3.63) is 0 Å². The van der Waals surface area contributed by atoms with Crippen molar-refractivity contribution in [2.75, 3.05) is 27.4 Å². The smallest absolute Gasteiger partial charge is 0.308 e. The van der Waals surface area contributed by atoms with Crippen molar-refractivity contribution in [1.29, 1.82) is 0 Å². The van der Waals surface area contributed by atoms with Crippen LogP contribution in [0.3, 0.4) is 0 Å². The number of carbonyl (C=O) groups excluding carboxylic acids is 2. The number of rotatable bonds is 4. The fraction of sp³-hybridized carbons (Fsp3) is 0.889. The highest BCUT2D eigenvalue weighted by Crippen LogP contribution is 2.29. The first-order chi connectivity index (χ1) is 11.5. The molecule has 0 unspecified atom stereocenters. The van der Waals surface area contributed by atoms with Crippen LogP contribution in [-0.4, -0.2) is 49.6 Å². The Balaban J connectivity index is 0.000000240. The molecule has 6 heteroatoms. The minimum absolute atomic E-state index is 0.0813. The Morgan fingerprint density at radius 2 is 1.00 bits per heavy atom. The molecule has 6 nitrogen and oxygen atoms in total. The number of aliphatic hydroxyl groups is 2. The monoisotopic (exact) mass is 344 g/mol. The van der Waals surface area contributed by atoms with Crippen molar-refractivity contribution in [2.45, 2.75) is 51.4 Å². The van der Waals surface area contributed by atoms with E-state index in [0.29, 0.717) is 11.8 Å². The van der Waals surface area contributed by atoms with E-state index in [1.54, 1.807) is 0 Å². The Bertz CT molecular complexity index is 332. The van der Waals surface area contributed by atoms with Crippen LogP contribution < -0.4 is 0 Å². The van der Waals surface area contributed by atoms with Gasteiger partial charge in [0.25, 0.3) is 0 Å². The Hall–Kier alpha value is -1.14. The average Bonchev–Trinajstić information content (AvgIpc) is 2.67. The lowest BCUT2D eigenvalue weighted by Gasteiger charge is -2.25. The summed E-state index contributed by atoms with van der Waals surface area (Å²) in [5, 5.41) is 17.7. The second-order valence-electron chi connectivity index (χ2n) is 6.85. The first-order valence-corrected chi connectivity index (χ1v) is 8.93. The number of esters is 2. The van der Waals surface area contributed by atoms with Crippen molar-refractivity contribution in [3.63, 3.8) is 0 Å². The van der Waals surface area contributed by atoms with Gasteiger partial charge in [0, 0.05) is 13.2 Å². The maximum atomic E-state index is 11.1. The minimum Gasteiger partial charge on any atom is -0.469 e. The molecule has 140 valence electrons. The van der Waals surface area contributed by atoms with E-state index in [4.69, 9.17) is 10.2 Å². The molecule has 0 aromatic rings. The Morgan fingerprint density at radius 3 is 1.21 bits per heavy atom. The van der Waals surface area contributed by atoms with Crippen LogP contribution in [-0.2, 0) is 19.1 Å². The van der Waals surface area contributed by atoms with Crippen LogP contribution in [0.1, 0.15) is 51.4 Å². The van der Waals surface area contributed by atoms with Crippen LogP contribution in [0.2, 0.25) is 0 Å². The number of methoxy groups -OCH3 is 2. The van der Waals surface area contributed by atoms with Gasteiger partial charge in [0.1, 0.15) is 0 Å². The average molecular weight is 344 g/mol. The fourth-order valence-electron chi connectivity index (χ4n) is 3.49. The van der Waals surface area contributed by atoms with Gasteiger partial charge < -0.3 is 19.7 Å². The molecule has 0 saturated heterocycles. The summed E-state index contributed by atoms with van der Waals surface area (Å²) in [5.74, 6) is 0.796. The largest absolute Gasteiger partial charge is 0.469 e. The normalized spacial score (nSPS) is 29.8. The molecular formula is C18H32O6. The van der Waals surface area contributed by atoms with Crippen molar-refractivity contribution >= 4 is 11.9 Å². The number of hydrogen-bond donors (Lipinski definition) is 2. The molecule has 0 aromatic carbocycles. The summed E-state index contributed by atoms with van der Waals surface area (Å²) in [5.41, 5.74) is 0. The third kappa shape index (κ3) is 6.77. The zero-order valence-electron chi connectivity index (χ0n) is 14.9. The van der Waals surface area contributed by atoms with Crippen LogP contribution in [0, 0.1) is 23.7 Å². The first kappa shape index (κ1) is 20.9. The molecule has 0 aromatic heterocycles. The molecule has 2 aliphatic rings. The molecule has 2 N–H and O–H groups in total. The lowest BCUT2D eigenvalue weighted by atomic mass is 9.82. The summed E-state index contributed by atoms with van der Waals surface area (Å²) < 4.78 is 9.31. The Labute approximate surface area is 144 Å². The van der Waals surface area contributed by atoms with Gasteiger partial charge in [-0.1, -0.05) is 0 Å². The zero-order valence-corrected chi connectivity index (χ0v) is 14.9. The van der Waals surface area contributed by atoms with Crippen LogP contribution in [0.4, 0.5) is 0 Å². The van der Waals surface area contributed by atoms with Gasteiger partial charge in [0.2, 0.25) is 0 Å². The van der Waals surface area contributed by atoms with Crippen LogP contribution in [0.15, 0.2) is 0 Å². The molecule has 0 atom stereocenters. The summed E-state index contributed by atoms with van der Waals surface area (Å²) >= 11 is 0. The summed E-state index contributed by atoms with van der Waals surface area (Å²) in [6.45, 7) is 0.516. The molecule has 0 heterocycles. The Morgan fingerprint density at radius 1 is 0.708 bits per heavy atom. The molecular weight excluding hydrogens is 312 g/mol. The molecule has 0 aliphatic heterocycles. The summed E-state index contributed by atoms with van der Waals surface area (Å²) in [6, 6.07) is 0. The lowest BCUT2D eigenvalue weighted by molar-refractivity contribution is -0.147. The molecule has 2 rings (SSSR count). The fourth-order valence-corrected chi connectivity index (χ4v) is 3.49. The lowest BCUT2D eigenvalue weighted by Crippen LogP contribution is -2.24. The van der Waals surface area contributed by atoms with E-state index in [1.165, 1.54) is 14.2 Å². The van der Waals surface area contributed by atoms with Gasteiger partial charge in [0.15, 0.2) is 0 Å². The topological polar surface area (TPSA) is 93.1 Å². The second kappa shape index (κ2) is 11.4. The maximum Gasteiger partial charge on any atom is 0.308 e. The SMILES string of the molecule is COC(=O)C1CCC(CO)CC1.COC(=O)C1CCC(CO)CC1. The molecule has 0 radical (unpaired) electrons. The van der Waals surface area contributed by atoms with Crippen molar-refractivity contribution in [3.8, 4) is 0 Å². The van der Waals surface area contributed by atoms with Crippen LogP contribution in [0.25, 0.3) is 0 Å². The van der Waals surface area contributed by atoms with Crippen molar-refractivity contribution in [1.82, 2.24) is 0 Å². The van der Waals surface area contributed by atoms with E-state index in [1.807, 2.05) is 0 Å². The number of aliphatic hydroxyl groups excluding tert-OH is 2. The Kier molecular flexibility index (Phi) is 9.95. The molecule has 2 saturated carbocycles. The van der Waals surface area contributed by atoms with Gasteiger partial charge in [-0.15, -0.1) is 0 Å². The van der Waals surface area contributed by atoms with E-state index in [0.717, 1.165) is 51.4 Å². The molecule has 0 spiro atoms. The van der Waals surface area contributed by atoms with E-state index >= 15 is 0 Å². The highest BCUT2D eigenvalue weighted by molar-refractivity contribution is 5.72. The molecule has 0 amide bonds. The van der Waals surface area contributed by atoms with E-state index in [2.05, 4.69) is 9.47 Å². The second-order valence-corrected chi connectivity index (χ2v) is 6.85. The molecule has 2 aliphatic carbocycles. The highest BCUT2D eigenvalue weighted by atomic mass is 16.5. The molecule has 0 bridgehead atoms. The zero-order chi connectivity index (χ0) is 17.9. The third-order valence-corrected chi connectivity index (χ3v) is 5.28.